The maximum Gasteiger partial charge on any atom is 0.265 e. The van der Waals surface area contributed by atoms with Crippen LogP contribution in [0.4, 0.5) is 5.69 Å². The summed E-state index contributed by atoms with van der Waals surface area (Å²) in [4.78, 5) is 26.9. The van der Waals surface area contributed by atoms with Crippen molar-refractivity contribution < 1.29 is 14.3 Å². The molecular weight excluding hydrogens is 400 g/mol. The van der Waals surface area contributed by atoms with Gasteiger partial charge in [0.15, 0.2) is 6.61 Å². The van der Waals surface area contributed by atoms with Gasteiger partial charge in [-0.15, -0.1) is 0 Å². The van der Waals surface area contributed by atoms with Crippen molar-refractivity contribution in [3.8, 4) is 5.75 Å². The van der Waals surface area contributed by atoms with Crippen LogP contribution in [-0.2, 0) is 17.9 Å². The number of anilines is 1. The summed E-state index contributed by atoms with van der Waals surface area (Å²) in [7, 11) is 0. The summed E-state index contributed by atoms with van der Waals surface area (Å²) in [6.07, 6.45) is 0. The number of fused-ring (bicyclic) bond motifs is 1. The van der Waals surface area contributed by atoms with Crippen LogP contribution in [0.5, 0.6) is 5.75 Å². The maximum atomic E-state index is 12.7. The smallest absolute Gasteiger partial charge is 0.265 e. The van der Waals surface area contributed by atoms with Gasteiger partial charge in [0.2, 0.25) is 0 Å². The Morgan fingerprint density at radius 2 is 1.87 bits per heavy atom. The van der Waals surface area contributed by atoms with E-state index in [1.54, 1.807) is 29.2 Å². The van der Waals surface area contributed by atoms with Gasteiger partial charge in [0.25, 0.3) is 11.8 Å². The van der Waals surface area contributed by atoms with Crippen molar-refractivity contribution in [2.45, 2.75) is 20.0 Å². The van der Waals surface area contributed by atoms with Gasteiger partial charge >= 0.3 is 0 Å². The van der Waals surface area contributed by atoms with E-state index in [1.165, 1.54) is 0 Å². The first-order valence-corrected chi connectivity index (χ1v) is 10.0. The second-order valence-corrected chi connectivity index (χ2v) is 7.62. The van der Waals surface area contributed by atoms with Crippen LogP contribution >= 0.6 is 11.6 Å². The minimum absolute atomic E-state index is 0.0170. The predicted octanol–water partition coefficient (Wildman–Crippen LogP) is 4.50. The first-order chi connectivity index (χ1) is 14.5. The second-order valence-electron chi connectivity index (χ2n) is 7.21. The summed E-state index contributed by atoms with van der Waals surface area (Å²) in [5.74, 6) is 0.201. The van der Waals surface area contributed by atoms with Crippen molar-refractivity contribution in [3.63, 3.8) is 0 Å². The number of ether oxygens (including phenoxy) is 1. The van der Waals surface area contributed by atoms with Crippen LogP contribution in [0.15, 0.2) is 66.7 Å². The monoisotopic (exact) mass is 420 g/mol. The predicted molar refractivity (Wildman–Crippen MR) is 117 cm³/mol. The average molecular weight is 421 g/mol. The molecule has 30 heavy (non-hydrogen) atoms. The van der Waals surface area contributed by atoms with Crippen LogP contribution in [-0.4, -0.2) is 18.4 Å². The molecule has 2 amide bonds. The van der Waals surface area contributed by atoms with E-state index in [0.717, 1.165) is 16.7 Å². The third-order valence-electron chi connectivity index (χ3n) is 5.02. The summed E-state index contributed by atoms with van der Waals surface area (Å²) in [6, 6.07) is 20.5. The SMILES string of the molecule is Cc1ccc(CN2C(=O)COc3ccc(C(=O)NCc4ccccc4Cl)cc32)cc1. The van der Waals surface area contributed by atoms with Gasteiger partial charge < -0.3 is 15.0 Å². The van der Waals surface area contributed by atoms with Crippen molar-refractivity contribution in [2.75, 3.05) is 11.5 Å². The van der Waals surface area contributed by atoms with E-state index in [2.05, 4.69) is 5.32 Å². The molecule has 0 aliphatic carbocycles. The molecule has 0 fully saturated rings. The van der Waals surface area contributed by atoms with Crippen LogP contribution in [0.25, 0.3) is 0 Å². The lowest BCUT2D eigenvalue weighted by molar-refractivity contribution is -0.121. The van der Waals surface area contributed by atoms with Crippen molar-refractivity contribution in [2.24, 2.45) is 0 Å². The highest BCUT2D eigenvalue weighted by Gasteiger charge is 2.26. The van der Waals surface area contributed by atoms with Crippen molar-refractivity contribution >= 4 is 29.1 Å². The molecule has 0 bridgehead atoms. The molecular formula is C24H21ClN2O3. The third-order valence-corrected chi connectivity index (χ3v) is 5.39. The summed E-state index contributed by atoms with van der Waals surface area (Å²) in [5.41, 5.74) is 4.05. The highest BCUT2D eigenvalue weighted by atomic mass is 35.5. The van der Waals surface area contributed by atoms with E-state index in [9.17, 15) is 9.59 Å². The topological polar surface area (TPSA) is 58.6 Å². The highest BCUT2D eigenvalue weighted by Crippen LogP contribution is 2.34. The average Bonchev–Trinajstić information content (AvgIpc) is 2.76. The van der Waals surface area contributed by atoms with E-state index < -0.39 is 0 Å². The summed E-state index contributed by atoms with van der Waals surface area (Å²) in [6.45, 7) is 2.74. The molecule has 3 aromatic carbocycles. The number of nitrogens with zero attached hydrogens (tertiary/aromatic N) is 1. The Morgan fingerprint density at radius 1 is 1.10 bits per heavy atom. The molecule has 6 heteroatoms. The second kappa shape index (κ2) is 8.59. The minimum atomic E-state index is -0.244. The van der Waals surface area contributed by atoms with Gasteiger partial charge in [-0.3, -0.25) is 9.59 Å². The van der Waals surface area contributed by atoms with Crippen LogP contribution < -0.4 is 15.0 Å². The molecule has 5 nitrogen and oxygen atoms in total. The zero-order valence-electron chi connectivity index (χ0n) is 16.5. The molecule has 1 N–H and O–H groups in total. The molecule has 0 unspecified atom stereocenters. The van der Waals surface area contributed by atoms with Crippen LogP contribution in [0, 0.1) is 6.92 Å². The van der Waals surface area contributed by atoms with Crippen LogP contribution in [0.2, 0.25) is 5.02 Å². The number of nitrogens with one attached hydrogen (secondary N) is 1. The Morgan fingerprint density at radius 3 is 2.63 bits per heavy atom. The number of halogens is 1. The summed E-state index contributed by atoms with van der Waals surface area (Å²) in [5, 5.41) is 3.48. The Bertz CT molecular complexity index is 1100. The quantitative estimate of drug-likeness (QED) is 0.661. The fourth-order valence-corrected chi connectivity index (χ4v) is 3.51. The van der Waals surface area contributed by atoms with Crippen molar-refractivity contribution in [1.29, 1.82) is 0 Å². The van der Waals surface area contributed by atoms with Crippen molar-refractivity contribution in [3.05, 3.63) is 94.0 Å². The first-order valence-electron chi connectivity index (χ1n) is 9.65. The molecule has 0 spiro atoms. The fourth-order valence-electron chi connectivity index (χ4n) is 3.31. The minimum Gasteiger partial charge on any atom is -0.482 e. The molecule has 152 valence electrons. The Balaban J connectivity index is 1.55. The van der Waals surface area contributed by atoms with E-state index in [4.69, 9.17) is 16.3 Å². The lowest BCUT2D eigenvalue weighted by Crippen LogP contribution is -2.38. The van der Waals surface area contributed by atoms with Gasteiger partial charge in [0, 0.05) is 17.1 Å². The molecule has 0 saturated carbocycles. The lowest BCUT2D eigenvalue weighted by atomic mass is 10.1. The molecule has 4 rings (SSSR count). The zero-order valence-corrected chi connectivity index (χ0v) is 17.3. The Hall–Kier alpha value is -3.31. The molecule has 1 aliphatic rings. The van der Waals surface area contributed by atoms with Gasteiger partial charge in [-0.2, -0.15) is 0 Å². The van der Waals surface area contributed by atoms with E-state index in [1.807, 2.05) is 49.4 Å². The third kappa shape index (κ3) is 4.31. The first kappa shape index (κ1) is 20.0. The van der Waals surface area contributed by atoms with E-state index >= 15 is 0 Å². The van der Waals surface area contributed by atoms with Crippen LogP contribution in [0.1, 0.15) is 27.0 Å². The summed E-state index contributed by atoms with van der Waals surface area (Å²) < 4.78 is 5.56. The maximum absolute atomic E-state index is 12.7. The number of aryl methyl sites for hydroxylation is 1. The number of amides is 2. The number of hydrogen-bond acceptors (Lipinski definition) is 3. The molecule has 0 atom stereocenters. The van der Waals surface area contributed by atoms with Gasteiger partial charge in [-0.05, 0) is 42.3 Å². The number of rotatable bonds is 5. The number of hydrogen-bond donors (Lipinski definition) is 1. The zero-order chi connectivity index (χ0) is 21.1. The van der Waals surface area contributed by atoms with Gasteiger partial charge in [0.1, 0.15) is 5.75 Å². The van der Waals surface area contributed by atoms with Crippen LogP contribution in [0.3, 0.4) is 0 Å². The molecule has 0 aromatic heterocycles. The molecule has 3 aromatic rings. The number of benzene rings is 3. The van der Waals surface area contributed by atoms with Gasteiger partial charge in [-0.1, -0.05) is 59.6 Å². The number of carbonyl (C=O) groups excluding carboxylic acids is 2. The lowest BCUT2D eigenvalue weighted by Gasteiger charge is -2.30. The Labute approximate surface area is 180 Å². The van der Waals surface area contributed by atoms with Gasteiger partial charge in [-0.25, -0.2) is 0 Å². The molecule has 0 radical (unpaired) electrons. The molecule has 1 heterocycles. The standard InChI is InChI=1S/C24H21ClN2O3/c1-16-6-8-17(9-7-16)14-27-21-12-18(10-11-22(21)30-15-23(27)28)24(29)26-13-19-4-2-3-5-20(19)25/h2-12H,13-15H2,1H3,(H,26,29). The van der Waals surface area contributed by atoms with Gasteiger partial charge in [0.05, 0.1) is 12.2 Å². The summed E-state index contributed by atoms with van der Waals surface area (Å²) >= 11 is 6.16. The molecule has 1 aliphatic heterocycles. The number of carbonyl (C=O) groups is 2. The van der Waals surface area contributed by atoms with Crippen molar-refractivity contribution in [1.82, 2.24) is 5.32 Å². The van der Waals surface area contributed by atoms with E-state index in [-0.39, 0.29) is 18.4 Å². The largest absolute Gasteiger partial charge is 0.482 e. The molecule has 0 saturated heterocycles. The normalized spacial score (nSPS) is 12.9. The fraction of sp³-hybridized carbons (Fsp3) is 0.167. The van der Waals surface area contributed by atoms with E-state index in [0.29, 0.717) is 35.1 Å². The highest BCUT2D eigenvalue weighted by molar-refractivity contribution is 6.31. The Kier molecular flexibility index (Phi) is 5.72.